The summed E-state index contributed by atoms with van der Waals surface area (Å²) < 4.78 is 12.9. The van der Waals surface area contributed by atoms with Gasteiger partial charge in [0.25, 0.3) is 0 Å². The van der Waals surface area contributed by atoms with Gasteiger partial charge in [-0.15, -0.1) is 0 Å². The SMILES string of the molecule is OCC1CCN(c2ccnc(F)c2)CC1. The van der Waals surface area contributed by atoms with Gasteiger partial charge in [0.05, 0.1) is 0 Å². The van der Waals surface area contributed by atoms with Crippen LogP contribution in [-0.4, -0.2) is 29.8 Å². The van der Waals surface area contributed by atoms with Crippen molar-refractivity contribution in [1.29, 1.82) is 0 Å². The lowest BCUT2D eigenvalue weighted by Gasteiger charge is -2.32. The molecule has 3 nitrogen and oxygen atoms in total. The third-order valence-corrected chi connectivity index (χ3v) is 2.95. The number of nitrogens with zero attached hydrogens (tertiary/aromatic N) is 2. The number of halogens is 1. The fraction of sp³-hybridized carbons (Fsp3) is 0.545. The molecule has 0 atom stereocenters. The maximum Gasteiger partial charge on any atom is 0.214 e. The molecule has 0 unspecified atom stereocenters. The van der Waals surface area contributed by atoms with Gasteiger partial charge < -0.3 is 10.0 Å². The van der Waals surface area contributed by atoms with Crippen molar-refractivity contribution in [3.8, 4) is 0 Å². The van der Waals surface area contributed by atoms with E-state index in [-0.39, 0.29) is 6.61 Å². The van der Waals surface area contributed by atoms with Crippen molar-refractivity contribution < 1.29 is 9.50 Å². The lowest BCUT2D eigenvalue weighted by atomic mass is 9.97. The van der Waals surface area contributed by atoms with Gasteiger partial charge in [-0.3, -0.25) is 0 Å². The number of rotatable bonds is 2. The van der Waals surface area contributed by atoms with Gasteiger partial charge in [0.2, 0.25) is 5.95 Å². The molecule has 1 saturated heterocycles. The topological polar surface area (TPSA) is 36.4 Å². The molecule has 1 aliphatic heterocycles. The highest BCUT2D eigenvalue weighted by Crippen LogP contribution is 2.22. The molecule has 1 aliphatic rings. The van der Waals surface area contributed by atoms with E-state index in [0.717, 1.165) is 31.6 Å². The largest absolute Gasteiger partial charge is 0.396 e. The monoisotopic (exact) mass is 210 g/mol. The molecular formula is C11H15FN2O. The van der Waals surface area contributed by atoms with Crippen LogP contribution in [0.1, 0.15) is 12.8 Å². The van der Waals surface area contributed by atoms with Crippen LogP contribution < -0.4 is 4.90 Å². The van der Waals surface area contributed by atoms with E-state index >= 15 is 0 Å². The van der Waals surface area contributed by atoms with E-state index in [4.69, 9.17) is 5.11 Å². The fourth-order valence-electron chi connectivity index (χ4n) is 1.96. The summed E-state index contributed by atoms with van der Waals surface area (Å²) >= 11 is 0. The van der Waals surface area contributed by atoms with Crippen LogP contribution in [0.2, 0.25) is 0 Å². The van der Waals surface area contributed by atoms with Crippen molar-refractivity contribution in [2.24, 2.45) is 5.92 Å². The molecule has 0 aliphatic carbocycles. The van der Waals surface area contributed by atoms with E-state index in [1.165, 1.54) is 12.3 Å². The first-order valence-electron chi connectivity index (χ1n) is 5.27. The van der Waals surface area contributed by atoms with Gasteiger partial charge in [0.15, 0.2) is 0 Å². The van der Waals surface area contributed by atoms with Crippen molar-refractivity contribution in [2.45, 2.75) is 12.8 Å². The van der Waals surface area contributed by atoms with Crippen molar-refractivity contribution in [3.05, 3.63) is 24.3 Å². The highest BCUT2D eigenvalue weighted by Gasteiger charge is 2.18. The zero-order valence-corrected chi connectivity index (χ0v) is 8.56. The quantitative estimate of drug-likeness (QED) is 0.750. The lowest BCUT2D eigenvalue weighted by molar-refractivity contribution is 0.203. The summed E-state index contributed by atoms with van der Waals surface area (Å²) in [5.74, 6) is -0.0234. The smallest absolute Gasteiger partial charge is 0.214 e. The Morgan fingerprint density at radius 2 is 2.20 bits per heavy atom. The molecule has 0 bridgehead atoms. The van der Waals surface area contributed by atoms with Gasteiger partial charge in [-0.1, -0.05) is 0 Å². The van der Waals surface area contributed by atoms with Gasteiger partial charge in [-0.2, -0.15) is 4.39 Å². The molecule has 0 saturated carbocycles. The molecule has 1 N–H and O–H groups in total. The van der Waals surface area contributed by atoms with E-state index in [1.54, 1.807) is 0 Å². The van der Waals surface area contributed by atoms with Crippen molar-refractivity contribution in [1.82, 2.24) is 4.98 Å². The van der Waals surface area contributed by atoms with Crippen LogP contribution in [0.4, 0.5) is 10.1 Å². The minimum Gasteiger partial charge on any atom is -0.396 e. The Kier molecular flexibility index (Phi) is 3.16. The summed E-state index contributed by atoms with van der Waals surface area (Å²) in [5, 5.41) is 9.00. The standard InChI is InChI=1S/C11H15FN2O/c12-11-7-10(1-4-13-11)14-5-2-9(8-15)3-6-14/h1,4,7,9,15H,2-3,5-6,8H2. The number of pyridine rings is 1. The Balaban J connectivity index is 2.01. The summed E-state index contributed by atoms with van der Waals surface area (Å²) in [4.78, 5) is 5.67. The Bertz CT molecular complexity index is 324. The maximum atomic E-state index is 12.9. The van der Waals surface area contributed by atoms with Crippen molar-refractivity contribution in [2.75, 3.05) is 24.6 Å². The highest BCUT2D eigenvalue weighted by atomic mass is 19.1. The first kappa shape index (κ1) is 10.4. The van der Waals surface area contributed by atoms with E-state index < -0.39 is 5.95 Å². The van der Waals surface area contributed by atoms with Gasteiger partial charge in [0.1, 0.15) is 0 Å². The van der Waals surface area contributed by atoms with Crippen LogP contribution in [0.25, 0.3) is 0 Å². The zero-order chi connectivity index (χ0) is 10.7. The summed E-state index contributed by atoms with van der Waals surface area (Å²) in [6.07, 6.45) is 3.43. The van der Waals surface area contributed by atoms with Crippen LogP contribution in [0, 0.1) is 11.9 Å². The number of aliphatic hydroxyl groups is 1. The number of aromatic nitrogens is 1. The molecule has 0 radical (unpaired) electrons. The average molecular weight is 210 g/mol. The summed E-state index contributed by atoms with van der Waals surface area (Å²) in [6, 6.07) is 3.28. The van der Waals surface area contributed by atoms with Crippen molar-refractivity contribution in [3.63, 3.8) is 0 Å². The third-order valence-electron chi connectivity index (χ3n) is 2.95. The number of anilines is 1. The number of aliphatic hydroxyl groups excluding tert-OH is 1. The Morgan fingerprint density at radius 1 is 1.47 bits per heavy atom. The summed E-state index contributed by atoms with van der Waals surface area (Å²) in [6.45, 7) is 2.03. The maximum absolute atomic E-state index is 12.9. The molecule has 0 spiro atoms. The normalized spacial score (nSPS) is 18.1. The summed E-state index contributed by atoms with van der Waals surface area (Å²) in [5.41, 5.74) is 0.888. The molecule has 0 amide bonds. The molecule has 15 heavy (non-hydrogen) atoms. The second-order valence-corrected chi connectivity index (χ2v) is 3.95. The average Bonchev–Trinajstić information content (AvgIpc) is 2.29. The first-order valence-corrected chi connectivity index (χ1v) is 5.27. The molecule has 1 aromatic heterocycles. The van der Waals surface area contributed by atoms with Crippen molar-refractivity contribution >= 4 is 5.69 Å². The highest BCUT2D eigenvalue weighted by molar-refractivity contribution is 5.45. The molecular weight excluding hydrogens is 195 g/mol. The number of hydrogen-bond acceptors (Lipinski definition) is 3. The number of piperidine rings is 1. The van der Waals surface area contributed by atoms with Gasteiger partial charge in [-0.25, -0.2) is 4.98 Å². The Morgan fingerprint density at radius 3 is 2.80 bits per heavy atom. The molecule has 0 aromatic carbocycles. The Labute approximate surface area is 88.6 Å². The predicted octanol–water partition coefficient (Wildman–Crippen LogP) is 1.43. The van der Waals surface area contributed by atoms with Crippen LogP contribution in [-0.2, 0) is 0 Å². The molecule has 1 aromatic rings. The van der Waals surface area contributed by atoms with Crippen LogP contribution in [0.3, 0.4) is 0 Å². The minimum atomic E-state index is -0.434. The number of hydrogen-bond donors (Lipinski definition) is 1. The first-order chi connectivity index (χ1) is 7.29. The predicted molar refractivity (Wildman–Crippen MR) is 56.2 cm³/mol. The molecule has 2 rings (SSSR count). The van der Waals surface area contributed by atoms with E-state index in [1.807, 2.05) is 6.07 Å². The van der Waals surface area contributed by atoms with Gasteiger partial charge in [0, 0.05) is 37.6 Å². The van der Waals surface area contributed by atoms with Gasteiger partial charge >= 0.3 is 0 Å². The fourth-order valence-corrected chi connectivity index (χ4v) is 1.96. The molecule has 1 fully saturated rings. The molecule has 4 heteroatoms. The third kappa shape index (κ3) is 2.45. The van der Waals surface area contributed by atoms with Gasteiger partial charge in [-0.05, 0) is 24.8 Å². The van der Waals surface area contributed by atoms with E-state index in [2.05, 4.69) is 9.88 Å². The van der Waals surface area contributed by atoms with E-state index in [9.17, 15) is 4.39 Å². The minimum absolute atomic E-state index is 0.262. The molecule has 2 heterocycles. The van der Waals surface area contributed by atoms with Crippen LogP contribution >= 0.6 is 0 Å². The van der Waals surface area contributed by atoms with Crippen LogP contribution in [0.15, 0.2) is 18.3 Å². The Hall–Kier alpha value is -1.16. The second-order valence-electron chi connectivity index (χ2n) is 3.95. The second kappa shape index (κ2) is 4.57. The van der Waals surface area contributed by atoms with Crippen LogP contribution in [0.5, 0.6) is 0 Å². The lowest BCUT2D eigenvalue weighted by Crippen LogP contribution is -2.34. The van der Waals surface area contributed by atoms with E-state index in [0.29, 0.717) is 5.92 Å². The summed E-state index contributed by atoms with van der Waals surface area (Å²) in [7, 11) is 0. The zero-order valence-electron chi connectivity index (χ0n) is 8.56. The molecule has 82 valence electrons.